The number of benzene rings is 2. The molecule has 0 bridgehead atoms. The van der Waals surface area contributed by atoms with Crippen molar-refractivity contribution in [3.05, 3.63) is 59.4 Å². The summed E-state index contributed by atoms with van der Waals surface area (Å²) >= 11 is 0. The number of nitrogens with zero attached hydrogens (tertiary/aromatic N) is 4. The van der Waals surface area contributed by atoms with Crippen LogP contribution in [-0.4, -0.2) is 59.0 Å². The van der Waals surface area contributed by atoms with Crippen molar-refractivity contribution in [2.45, 2.75) is 6.54 Å². The zero-order chi connectivity index (χ0) is 19.5. The molecule has 1 aliphatic heterocycles. The number of carbonyl (C=O) groups is 1. The first-order valence-corrected chi connectivity index (χ1v) is 9.21. The van der Waals surface area contributed by atoms with Crippen LogP contribution in [0.2, 0.25) is 0 Å². The minimum absolute atomic E-state index is 0.0208. The second-order valence-electron chi connectivity index (χ2n) is 6.83. The van der Waals surface area contributed by atoms with Gasteiger partial charge in [-0.05, 0) is 30.3 Å². The topological polar surface area (TPSA) is 85.2 Å². The number of fused-ring (bicyclic) bond motifs is 1. The minimum Gasteiger partial charge on any atom is -0.497 e. The van der Waals surface area contributed by atoms with Crippen molar-refractivity contribution in [3.63, 3.8) is 0 Å². The van der Waals surface area contributed by atoms with Crippen LogP contribution in [0.5, 0.6) is 5.75 Å². The highest BCUT2D eigenvalue weighted by Crippen LogP contribution is 2.19. The van der Waals surface area contributed by atoms with Crippen molar-refractivity contribution in [1.82, 2.24) is 19.8 Å². The molecule has 0 radical (unpaired) electrons. The van der Waals surface area contributed by atoms with Crippen LogP contribution in [0.4, 0.5) is 0 Å². The summed E-state index contributed by atoms with van der Waals surface area (Å²) in [6.45, 7) is 3.59. The van der Waals surface area contributed by atoms with Crippen LogP contribution in [-0.2, 0) is 6.54 Å². The Hall–Kier alpha value is -3.37. The molecule has 0 atom stereocenters. The second kappa shape index (κ2) is 7.71. The van der Waals surface area contributed by atoms with Crippen LogP contribution >= 0.6 is 0 Å². The van der Waals surface area contributed by atoms with Gasteiger partial charge in [0.05, 0.1) is 36.3 Å². The molecule has 142 valence electrons. The van der Waals surface area contributed by atoms with Crippen molar-refractivity contribution in [2.24, 2.45) is 0 Å². The molecular formula is C21H21N5O2. The van der Waals surface area contributed by atoms with E-state index in [2.05, 4.69) is 20.9 Å². The van der Waals surface area contributed by atoms with E-state index in [-0.39, 0.29) is 5.91 Å². The highest BCUT2D eigenvalue weighted by atomic mass is 16.5. The largest absolute Gasteiger partial charge is 0.497 e. The van der Waals surface area contributed by atoms with Crippen LogP contribution in [0.15, 0.2) is 42.5 Å². The summed E-state index contributed by atoms with van der Waals surface area (Å²) in [4.78, 5) is 24.8. The molecule has 0 unspecified atom stereocenters. The number of hydrogen-bond donors (Lipinski definition) is 1. The summed E-state index contributed by atoms with van der Waals surface area (Å²) in [5.74, 6) is 1.69. The quantitative estimate of drug-likeness (QED) is 0.757. The minimum atomic E-state index is -0.0208. The van der Waals surface area contributed by atoms with Gasteiger partial charge in [0.1, 0.15) is 11.6 Å². The molecule has 1 aromatic heterocycles. The molecule has 7 heteroatoms. The summed E-state index contributed by atoms with van der Waals surface area (Å²) in [6.07, 6.45) is 0. The van der Waals surface area contributed by atoms with Crippen LogP contribution < -0.4 is 4.74 Å². The Bertz CT molecular complexity index is 1040. The molecule has 2 heterocycles. The number of nitrogens with one attached hydrogen (secondary N) is 1. The molecule has 0 saturated carbocycles. The van der Waals surface area contributed by atoms with E-state index in [9.17, 15) is 4.79 Å². The summed E-state index contributed by atoms with van der Waals surface area (Å²) in [6, 6.07) is 14.7. The number of ether oxygens (including phenoxy) is 1. The van der Waals surface area contributed by atoms with E-state index in [0.29, 0.717) is 30.8 Å². The normalized spacial score (nSPS) is 14.8. The summed E-state index contributed by atoms with van der Waals surface area (Å²) < 4.78 is 5.25. The van der Waals surface area contributed by atoms with Gasteiger partial charge in [-0.15, -0.1) is 0 Å². The van der Waals surface area contributed by atoms with Crippen molar-refractivity contribution >= 4 is 16.9 Å². The summed E-state index contributed by atoms with van der Waals surface area (Å²) in [7, 11) is 1.65. The van der Waals surface area contributed by atoms with Crippen molar-refractivity contribution in [1.29, 1.82) is 5.26 Å². The third kappa shape index (κ3) is 3.68. The van der Waals surface area contributed by atoms with Crippen LogP contribution in [0.1, 0.15) is 21.7 Å². The van der Waals surface area contributed by atoms with Gasteiger partial charge in [0.25, 0.3) is 5.91 Å². The number of piperazine rings is 1. The van der Waals surface area contributed by atoms with Crippen LogP contribution in [0, 0.1) is 11.3 Å². The molecule has 3 aromatic rings. The number of H-pyrrole nitrogens is 1. The Balaban J connectivity index is 1.37. The molecule has 1 saturated heterocycles. The van der Waals surface area contributed by atoms with Gasteiger partial charge in [-0.3, -0.25) is 9.69 Å². The first kappa shape index (κ1) is 18.0. The molecule has 0 aliphatic carbocycles. The Kier molecular flexibility index (Phi) is 4.96. The fraction of sp³-hybridized carbons (Fsp3) is 0.286. The van der Waals surface area contributed by atoms with Gasteiger partial charge < -0.3 is 14.6 Å². The predicted octanol–water partition coefficient (Wildman–Crippen LogP) is 2.40. The third-order valence-corrected chi connectivity index (χ3v) is 5.01. The summed E-state index contributed by atoms with van der Waals surface area (Å²) in [5, 5.41) is 9.01. The zero-order valence-electron chi connectivity index (χ0n) is 15.7. The van der Waals surface area contributed by atoms with Crippen molar-refractivity contribution in [2.75, 3.05) is 33.3 Å². The van der Waals surface area contributed by atoms with E-state index in [1.807, 2.05) is 23.1 Å². The maximum Gasteiger partial charge on any atom is 0.253 e. The second-order valence-corrected chi connectivity index (χ2v) is 6.83. The fourth-order valence-electron chi connectivity index (χ4n) is 3.47. The van der Waals surface area contributed by atoms with E-state index in [0.717, 1.165) is 35.7 Å². The number of carbonyl (C=O) groups excluding carboxylic acids is 1. The zero-order valence-corrected chi connectivity index (χ0v) is 15.7. The average Bonchev–Trinajstić information content (AvgIpc) is 3.15. The summed E-state index contributed by atoms with van der Waals surface area (Å²) in [5.41, 5.74) is 2.95. The number of hydrogen-bond acceptors (Lipinski definition) is 5. The number of aromatic amines is 1. The Morgan fingerprint density at radius 3 is 2.79 bits per heavy atom. The van der Waals surface area contributed by atoms with Gasteiger partial charge in [-0.25, -0.2) is 4.98 Å². The van der Waals surface area contributed by atoms with Crippen LogP contribution in [0.3, 0.4) is 0 Å². The number of nitriles is 1. The molecule has 1 aliphatic rings. The van der Waals surface area contributed by atoms with Crippen LogP contribution in [0.25, 0.3) is 11.0 Å². The third-order valence-electron chi connectivity index (χ3n) is 5.01. The lowest BCUT2D eigenvalue weighted by Crippen LogP contribution is -2.48. The molecule has 1 amide bonds. The highest BCUT2D eigenvalue weighted by Gasteiger charge is 2.23. The number of methoxy groups -OCH3 is 1. The molecule has 2 aromatic carbocycles. The molecule has 0 spiro atoms. The highest BCUT2D eigenvalue weighted by molar-refractivity contribution is 5.94. The lowest BCUT2D eigenvalue weighted by atomic mass is 10.1. The monoisotopic (exact) mass is 375 g/mol. The Morgan fingerprint density at radius 1 is 1.21 bits per heavy atom. The number of amides is 1. The smallest absolute Gasteiger partial charge is 0.253 e. The molecule has 4 rings (SSSR count). The Morgan fingerprint density at radius 2 is 2.04 bits per heavy atom. The van der Waals surface area contributed by atoms with Gasteiger partial charge >= 0.3 is 0 Å². The van der Waals surface area contributed by atoms with Gasteiger partial charge in [-0.2, -0.15) is 5.26 Å². The van der Waals surface area contributed by atoms with Gasteiger partial charge in [0, 0.05) is 37.8 Å². The SMILES string of the molecule is COc1ccc2nc(CN3CCN(C(=O)c4cccc(C#N)c4)CC3)[nH]c2c1. The standard InChI is InChI=1S/C21H21N5O2/c1-28-17-5-6-18-19(12-17)24-20(23-18)14-25-7-9-26(10-8-25)21(27)16-4-2-3-15(11-16)13-22/h2-6,11-12H,7-10,14H2,1H3,(H,23,24). The number of rotatable bonds is 4. The Labute approximate surface area is 163 Å². The van der Waals surface area contributed by atoms with Gasteiger partial charge in [0.15, 0.2) is 0 Å². The van der Waals surface area contributed by atoms with Gasteiger partial charge in [-0.1, -0.05) is 6.07 Å². The first-order chi connectivity index (χ1) is 13.7. The molecule has 28 heavy (non-hydrogen) atoms. The van der Waals surface area contributed by atoms with Crippen molar-refractivity contribution in [3.8, 4) is 11.8 Å². The molecule has 1 N–H and O–H groups in total. The van der Waals surface area contributed by atoms with E-state index < -0.39 is 0 Å². The van der Waals surface area contributed by atoms with E-state index >= 15 is 0 Å². The fourth-order valence-corrected chi connectivity index (χ4v) is 3.47. The molecular weight excluding hydrogens is 354 g/mol. The predicted molar refractivity (Wildman–Crippen MR) is 105 cm³/mol. The lowest BCUT2D eigenvalue weighted by Gasteiger charge is -2.34. The van der Waals surface area contributed by atoms with E-state index in [1.54, 1.807) is 31.4 Å². The first-order valence-electron chi connectivity index (χ1n) is 9.21. The number of aromatic nitrogens is 2. The van der Waals surface area contributed by atoms with Crippen molar-refractivity contribution < 1.29 is 9.53 Å². The number of imidazole rings is 1. The van der Waals surface area contributed by atoms with E-state index in [4.69, 9.17) is 10.00 Å². The average molecular weight is 375 g/mol. The maximum absolute atomic E-state index is 12.7. The lowest BCUT2D eigenvalue weighted by molar-refractivity contribution is 0.0626. The maximum atomic E-state index is 12.7. The van der Waals surface area contributed by atoms with Gasteiger partial charge in [0.2, 0.25) is 0 Å². The molecule has 7 nitrogen and oxygen atoms in total. The van der Waals surface area contributed by atoms with E-state index in [1.165, 1.54) is 0 Å². The molecule has 1 fully saturated rings.